The number of fused-ring (bicyclic) bond motifs is 1. The van der Waals surface area contributed by atoms with Crippen molar-refractivity contribution in [2.75, 3.05) is 39.8 Å². The van der Waals surface area contributed by atoms with Crippen molar-refractivity contribution in [3.05, 3.63) is 29.3 Å². The largest absolute Gasteiger partial charge is 0.493 e. The minimum absolute atomic E-state index is 0.398. The Morgan fingerprint density at radius 3 is 2.73 bits per heavy atom. The van der Waals surface area contributed by atoms with Gasteiger partial charge in [0.05, 0.1) is 6.61 Å². The molecule has 2 aliphatic heterocycles. The van der Waals surface area contributed by atoms with Crippen LogP contribution in [0.2, 0.25) is 0 Å². The zero-order chi connectivity index (χ0) is 15.5. The Balaban J connectivity index is 1.65. The molecule has 0 saturated carbocycles. The summed E-state index contributed by atoms with van der Waals surface area (Å²) in [5, 5.41) is 0. The molecule has 22 heavy (non-hydrogen) atoms. The molecule has 1 aromatic rings. The number of benzene rings is 1. The zero-order valence-corrected chi connectivity index (χ0v) is 13.5. The SMILES string of the molecule is C=NC(=NC)N1CCN(C(C)c2ccc3c(c2)OCC3)CC1. The van der Waals surface area contributed by atoms with E-state index in [1.54, 1.807) is 7.05 Å². The van der Waals surface area contributed by atoms with Gasteiger partial charge < -0.3 is 9.64 Å². The summed E-state index contributed by atoms with van der Waals surface area (Å²) in [6.45, 7) is 10.6. The lowest BCUT2D eigenvalue weighted by Crippen LogP contribution is -2.48. The summed E-state index contributed by atoms with van der Waals surface area (Å²) >= 11 is 0. The first kappa shape index (κ1) is 15.0. The summed E-state index contributed by atoms with van der Waals surface area (Å²) in [5.41, 5.74) is 2.67. The van der Waals surface area contributed by atoms with Gasteiger partial charge in [-0.15, -0.1) is 0 Å². The van der Waals surface area contributed by atoms with Gasteiger partial charge in [-0.1, -0.05) is 12.1 Å². The van der Waals surface area contributed by atoms with Gasteiger partial charge in [-0.05, 0) is 30.8 Å². The van der Waals surface area contributed by atoms with E-state index in [4.69, 9.17) is 4.74 Å². The molecular weight excluding hydrogens is 276 g/mol. The summed E-state index contributed by atoms with van der Waals surface area (Å²) < 4.78 is 5.69. The standard InChI is InChI=1S/C17H24N4O/c1-13(15-5-4-14-6-11-22-16(14)12-15)20-7-9-21(10-8-20)17(18-2)19-3/h4-5,12-13H,2,6-11H2,1,3H3. The van der Waals surface area contributed by atoms with Crippen molar-refractivity contribution in [2.24, 2.45) is 9.98 Å². The fourth-order valence-corrected chi connectivity index (χ4v) is 3.28. The van der Waals surface area contributed by atoms with Crippen molar-refractivity contribution in [1.29, 1.82) is 0 Å². The predicted octanol–water partition coefficient (Wildman–Crippen LogP) is 1.99. The molecule has 0 radical (unpaired) electrons. The van der Waals surface area contributed by atoms with Crippen LogP contribution in [0.25, 0.3) is 0 Å². The first-order valence-corrected chi connectivity index (χ1v) is 7.91. The lowest BCUT2D eigenvalue weighted by atomic mass is 10.0. The maximum Gasteiger partial charge on any atom is 0.219 e. The van der Waals surface area contributed by atoms with Gasteiger partial charge in [-0.25, -0.2) is 4.99 Å². The monoisotopic (exact) mass is 300 g/mol. The van der Waals surface area contributed by atoms with E-state index in [1.165, 1.54) is 11.1 Å². The highest BCUT2D eigenvalue weighted by atomic mass is 16.5. The van der Waals surface area contributed by atoms with Crippen molar-refractivity contribution >= 4 is 12.7 Å². The Morgan fingerprint density at radius 1 is 1.27 bits per heavy atom. The average molecular weight is 300 g/mol. The summed E-state index contributed by atoms with van der Waals surface area (Å²) in [4.78, 5) is 12.9. The molecule has 0 aliphatic carbocycles. The maximum absolute atomic E-state index is 5.69. The fraction of sp³-hybridized carbons (Fsp3) is 0.529. The van der Waals surface area contributed by atoms with Crippen LogP contribution >= 0.6 is 0 Å². The molecule has 0 N–H and O–H groups in total. The van der Waals surface area contributed by atoms with Gasteiger partial charge in [0, 0.05) is 45.7 Å². The van der Waals surface area contributed by atoms with Crippen molar-refractivity contribution in [3.63, 3.8) is 0 Å². The summed E-state index contributed by atoms with van der Waals surface area (Å²) in [6, 6.07) is 7.07. The van der Waals surface area contributed by atoms with Crippen LogP contribution in [0.3, 0.4) is 0 Å². The summed E-state index contributed by atoms with van der Waals surface area (Å²) in [7, 11) is 1.77. The molecule has 3 rings (SSSR count). The van der Waals surface area contributed by atoms with E-state index in [9.17, 15) is 0 Å². The van der Waals surface area contributed by atoms with Crippen molar-refractivity contribution in [2.45, 2.75) is 19.4 Å². The van der Waals surface area contributed by atoms with Crippen LogP contribution in [0.1, 0.15) is 24.1 Å². The normalized spacial score (nSPS) is 20.5. The Hall–Kier alpha value is -1.88. The number of ether oxygens (including phenoxy) is 1. The van der Waals surface area contributed by atoms with Crippen LogP contribution < -0.4 is 4.74 Å². The lowest BCUT2D eigenvalue weighted by Gasteiger charge is -2.38. The van der Waals surface area contributed by atoms with E-state index in [-0.39, 0.29) is 0 Å². The highest BCUT2D eigenvalue weighted by Gasteiger charge is 2.24. The molecule has 1 atom stereocenters. The van der Waals surface area contributed by atoms with Gasteiger partial charge in [0.2, 0.25) is 5.96 Å². The molecule has 0 bridgehead atoms. The molecule has 0 aromatic heterocycles. The third-order valence-corrected chi connectivity index (χ3v) is 4.69. The third-order valence-electron chi connectivity index (χ3n) is 4.69. The second kappa shape index (κ2) is 6.48. The van der Waals surface area contributed by atoms with Crippen molar-refractivity contribution in [3.8, 4) is 5.75 Å². The molecule has 118 valence electrons. The fourth-order valence-electron chi connectivity index (χ4n) is 3.28. The topological polar surface area (TPSA) is 40.4 Å². The quantitative estimate of drug-likeness (QED) is 0.619. The van der Waals surface area contributed by atoms with Crippen molar-refractivity contribution < 1.29 is 4.74 Å². The maximum atomic E-state index is 5.69. The van der Waals surface area contributed by atoms with Crippen LogP contribution in [0, 0.1) is 0 Å². The van der Waals surface area contributed by atoms with Gasteiger partial charge >= 0.3 is 0 Å². The molecule has 0 amide bonds. The molecule has 0 spiro atoms. The minimum atomic E-state index is 0.398. The lowest BCUT2D eigenvalue weighted by molar-refractivity contribution is 0.140. The van der Waals surface area contributed by atoms with Crippen LogP contribution in [0.4, 0.5) is 0 Å². The number of hydrogen-bond donors (Lipinski definition) is 0. The molecule has 1 unspecified atom stereocenters. The average Bonchev–Trinajstić information content (AvgIpc) is 3.03. The molecule has 2 heterocycles. The highest BCUT2D eigenvalue weighted by molar-refractivity contribution is 5.84. The van der Waals surface area contributed by atoms with E-state index in [1.807, 2.05) is 0 Å². The Labute approximate surface area is 132 Å². The second-order valence-corrected chi connectivity index (χ2v) is 5.85. The molecule has 1 aromatic carbocycles. The highest BCUT2D eigenvalue weighted by Crippen LogP contribution is 2.30. The van der Waals surface area contributed by atoms with Crippen LogP contribution in [0.5, 0.6) is 5.75 Å². The van der Waals surface area contributed by atoms with Crippen molar-refractivity contribution in [1.82, 2.24) is 9.80 Å². The first-order valence-electron chi connectivity index (χ1n) is 7.91. The molecule has 5 heteroatoms. The van der Waals surface area contributed by atoms with E-state index in [0.717, 1.165) is 50.9 Å². The molecule has 2 aliphatic rings. The summed E-state index contributed by atoms with van der Waals surface area (Å²) in [6.07, 6.45) is 1.04. The molecular formula is C17H24N4O. The number of rotatable bonds is 2. The molecule has 5 nitrogen and oxygen atoms in total. The number of nitrogens with zero attached hydrogens (tertiary/aromatic N) is 4. The van der Waals surface area contributed by atoms with Gasteiger partial charge in [0.25, 0.3) is 0 Å². The molecule has 1 fully saturated rings. The van der Waals surface area contributed by atoms with Gasteiger partial charge in [0.15, 0.2) is 0 Å². The first-order chi connectivity index (χ1) is 10.7. The minimum Gasteiger partial charge on any atom is -0.493 e. The predicted molar refractivity (Wildman–Crippen MR) is 90.1 cm³/mol. The van der Waals surface area contributed by atoms with E-state index in [0.29, 0.717) is 6.04 Å². The summed E-state index contributed by atoms with van der Waals surface area (Å²) in [5.74, 6) is 1.82. The Bertz CT molecular complexity index is 576. The van der Waals surface area contributed by atoms with E-state index in [2.05, 4.69) is 51.6 Å². The van der Waals surface area contributed by atoms with Gasteiger partial charge in [-0.3, -0.25) is 9.89 Å². The van der Waals surface area contributed by atoms with Gasteiger partial charge in [-0.2, -0.15) is 0 Å². The van der Waals surface area contributed by atoms with Crippen LogP contribution in [-0.2, 0) is 6.42 Å². The zero-order valence-electron chi connectivity index (χ0n) is 13.5. The molecule has 1 saturated heterocycles. The second-order valence-electron chi connectivity index (χ2n) is 5.85. The third kappa shape index (κ3) is 2.86. The van der Waals surface area contributed by atoms with E-state index < -0.39 is 0 Å². The van der Waals surface area contributed by atoms with E-state index >= 15 is 0 Å². The number of piperazine rings is 1. The van der Waals surface area contributed by atoms with Gasteiger partial charge in [0.1, 0.15) is 5.75 Å². The smallest absolute Gasteiger partial charge is 0.219 e. The number of aliphatic imine (C=N–C) groups is 2. The van der Waals surface area contributed by atoms with Crippen LogP contribution in [0.15, 0.2) is 28.2 Å². The Morgan fingerprint density at radius 2 is 2.05 bits per heavy atom. The number of guanidine groups is 1. The Kier molecular flexibility index (Phi) is 4.43. The number of hydrogen-bond acceptors (Lipinski definition) is 3. The van der Waals surface area contributed by atoms with Crippen LogP contribution in [-0.4, -0.2) is 62.3 Å².